The summed E-state index contributed by atoms with van der Waals surface area (Å²) in [5.41, 5.74) is 3.29. The zero-order chi connectivity index (χ0) is 33.1. The van der Waals surface area contributed by atoms with E-state index in [2.05, 4.69) is 25.9 Å². The topological polar surface area (TPSA) is 136 Å². The molecule has 0 radical (unpaired) electrons. The normalized spacial score (nSPS) is 11.7. The van der Waals surface area contributed by atoms with E-state index in [1.165, 1.54) is 18.2 Å². The summed E-state index contributed by atoms with van der Waals surface area (Å²) in [6, 6.07) is 12.2. The number of carbonyl (C=O) groups excluding carboxylic acids is 2. The number of hydrogen-bond acceptors (Lipinski definition) is 4. The van der Waals surface area contributed by atoms with Crippen LogP contribution >= 0.6 is 0 Å². The Balaban J connectivity index is 0.000000322. The molecule has 0 atom stereocenters. The van der Waals surface area contributed by atoms with Crippen LogP contribution in [0, 0.1) is 36.0 Å². The van der Waals surface area contributed by atoms with Crippen molar-refractivity contribution in [2.75, 3.05) is 10.6 Å². The number of aryl methyl sites for hydroxylation is 1. The Morgan fingerprint density at radius 2 is 1.35 bits per heavy atom. The molecule has 0 unspecified atom stereocenters. The smallest absolute Gasteiger partial charge is 0.335 e. The first-order valence-corrected chi connectivity index (χ1v) is 13.4. The fraction of sp³-hybridized carbons (Fsp3) is 0.0625. The van der Waals surface area contributed by atoms with Gasteiger partial charge in [0.1, 0.15) is 11.6 Å². The van der Waals surface area contributed by atoms with Gasteiger partial charge in [-0.3, -0.25) is 4.79 Å². The standard InChI is InChI=1S/C25H18F3N5O2.C7H4F2O2/c1-12-10-29-23(31-12)17-6-5-15(18-11-30-24(34)22(17)18)16-4-2-13(8-20(16)27)32-25(35)33-14-3-7-19(26)21(28)9-14;8-5-2-1-4(7(10)11)3-6(5)9/h2-10H,11H2,1H3,(H,29,31)(H,30,34)(H2,32,33,35);1-3H,(H,10,11). The number of H-pyrrole nitrogens is 1. The number of nitrogens with one attached hydrogen (secondary N) is 4. The second-order valence-corrected chi connectivity index (χ2v) is 9.95. The second-order valence-electron chi connectivity index (χ2n) is 9.95. The molecule has 46 heavy (non-hydrogen) atoms. The quantitative estimate of drug-likeness (QED) is 0.132. The molecule has 6 rings (SSSR count). The van der Waals surface area contributed by atoms with Gasteiger partial charge in [0.15, 0.2) is 23.3 Å². The van der Waals surface area contributed by atoms with Crippen LogP contribution in [0.4, 0.5) is 38.1 Å². The van der Waals surface area contributed by atoms with E-state index >= 15 is 4.39 Å². The largest absolute Gasteiger partial charge is 0.478 e. The van der Waals surface area contributed by atoms with Gasteiger partial charge in [-0.15, -0.1) is 0 Å². The molecule has 0 saturated heterocycles. The molecule has 0 fully saturated rings. The fourth-order valence-corrected chi connectivity index (χ4v) is 4.65. The Labute approximate surface area is 257 Å². The average Bonchev–Trinajstić information content (AvgIpc) is 3.62. The lowest BCUT2D eigenvalue weighted by Crippen LogP contribution is -2.19. The molecule has 5 N–H and O–H groups in total. The number of aromatic nitrogens is 2. The first kappa shape index (κ1) is 31.4. The summed E-state index contributed by atoms with van der Waals surface area (Å²) < 4.78 is 66.0. The average molecular weight is 636 g/mol. The summed E-state index contributed by atoms with van der Waals surface area (Å²) in [4.78, 5) is 42.3. The number of nitrogens with zero attached hydrogens (tertiary/aromatic N) is 1. The van der Waals surface area contributed by atoms with E-state index in [-0.39, 0.29) is 35.0 Å². The van der Waals surface area contributed by atoms with Crippen LogP contribution in [0.3, 0.4) is 0 Å². The van der Waals surface area contributed by atoms with Crippen molar-refractivity contribution in [2.45, 2.75) is 13.5 Å². The zero-order valence-electron chi connectivity index (χ0n) is 23.6. The van der Waals surface area contributed by atoms with Crippen molar-refractivity contribution in [1.82, 2.24) is 15.3 Å². The van der Waals surface area contributed by atoms with Crippen LogP contribution < -0.4 is 16.0 Å². The van der Waals surface area contributed by atoms with Crippen LogP contribution in [-0.4, -0.2) is 33.0 Å². The molecule has 1 aliphatic heterocycles. The molecular weight excluding hydrogens is 613 g/mol. The van der Waals surface area contributed by atoms with Gasteiger partial charge in [0.2, 0.25) is 0 Å². The summed E-state index contributed by atoms with van der Waals surface area (Å²) in [6.07, 6.45) is 1.66. The molecule has 0 aliphatic carbocycles. The maximum absolute atomic E-state index is 15.1. The summed E-state index contributed by atoms with van der Waals surface area (Å²) >= 11 is 0. The molecule has 0 spiro atoms. The molecule has 0 saturated carbocycles. The maximum Gasteiger partial charge on any atom is 0.335 e. The lowest BCUT2D eigenvalue weighted by Gasteiger charge is -2.13. The number of urea groups is 1. The van der Waals surface area contributed by atoms with Crippen LogP contribution in [0.1, 0.15) is 32.0 Å². The molecular formula is C32H22F5N5O4. The number of rotatable bonds is 5. The molecule has 2 heterocycles. The Morgan fingerprint density at radius 1 is 0.761 bits per heavy atom. The van der Waals surface area contributed by atoms with Gasteiger partial charge >= 0.3 is 12.0 Å². The van der Waals surface area contributed by atoms with Gasteiger partial charge in [-0.05, 0) is 72.6 Å². The summed E-state index contributed by atoms with van der Waals surface area (Å²) in [5, 5.41) is 15.9. The minimum absolute atomic E-state index is 0.0399. The van der Waals surface area contributed by atoms with Crippen LogP contribution in [0.25, 0.3) is 22.5 Å². The lowest BCUT2D eigenvalue weighted by molar-refractivity contribution is 0.0696. The highest BCUT2D eigenvalue weighted by Crippen LogP contribution is 2.37. The molecule has 14 heteroatoms. The predicted octanol–water partition coefficient (Wildman–Crippen LogP) is 7.02. The Bertz CT molecular complexity index is 2010. The van der Waals surface area contributed by atoms with Crippen LogP contribution in [0.5, 0.6) is 0 Å². The van der Waals surface area contributed by atoms with Crippen molar-refractivity contribution >= 4 is 29.3 Å². The summed E-state index contributed by atoms with van der Waals surface area (Å²) in [6.45, 7) is 2.10. The van der Waals surface area contributed by atoms with E-state index in [0.29, 0.717) is 34.1 Å². The van der Waals surface area contributed by atoms with E-state index in [1.54, 1.807) is 18.3 Å². The van der Waals surface area contributed by atoms with E-state index in [1.807, 2.05) is 6.92 Å². The Morgan fingerprint density at radius 3 is 1.93 bits per heavy atom. The SMILES string of the molecule is Cc1cnc(-c2ccc(-c3ccc(NC(=O)Nc4ccc(F)c(F)c4)cc3F)c3c2C(=O)NC3)[nH]1.O=C(O)c1ccc(F)c(F)c1. The second kappa shape index (κ2) is 12.9. The van der Waals surface area contributed by atoms with Crippen molar-refractivity contribution in [1.29, 1.82) is 0 Å². The van der Waals surface area contributed by atoms with Gasteiger partial charge in [-0.2, -0.15) is 0 Å². The number of fused-ring (bicyclic) bond motifs is 1. The van der Waals surface area contributed by atoms with Gasteiger partial charge in [-0.1, -0.05) is 6.07 Å². The van der Waals surface area contributed by atoms with Gasteiger partial charge in [-0.25, -0.2) is 36.5 Å². The number of aromatic amines is 1. The highest BCUT2D eigenvalue weighted by Gasteiger charge is 2.28. The minimum atomic E-state index is -1.27. The molecule has 0 bridgehead atoms. The van der Waals surface area contributed by atoms with Crippen molar-refractivity contribution in [3.63, 3.8) is 0 Å². The number of amides is 3. The third kappa shape index (κ3) is 6.70. The number of hydrogen-bond donors (Lipinski definition) is 5. The van der Waals surface area contributed by atoms with Gasteiger partial charge in [0, 0.05) is 47.0 Å². The minimum Gasteiger partial charge on any atom is -0.478 e. The van der Waals surface area contributed by atoms with Gasteiger partial charge in [0.25, 0.3) is 5.91 Å². The van der Waals surface area contributed by atoms with E-state index < -0.39 is 41.1 Å². The number of carboxylic acid groups (broad SMARTS) is 1. The van der Waals surface area contributed by atoms with Crippen molar-refractivity contribution in [2.24, 2.45) is 0 Å². The van der Waals surface area contributed by atoms with Crippen molar-refractivity contribution < 1.29 is 41.4 Å². The van der Waals surface area contributed by atoms with Gasteiger partial charge < -0.3 is 26.0 Å². The van der Waals surface area contributed by atoms with E-state index in [9.17, 15) is 31.9 Å². The predicted molar refractivity (Wildman–Crippen MR) is 158 cm³/mol. The number of halogens is 5. The Hall–Kier alpha value is -6.05. The number of imidazole rings is 1. The number of anilines is 2. The van der Waals surface area contributed by atoms with Crippen LogP contribution in [-0.2, 0) is 6.54 Å². The first-order chi connectivity index (χ1) is 21.9. The van der Waals surface area contributed by atoms with Crippen LogP contribution in [0.15, 0.2) is 72.9 Å². The van der Waals surface area contributed by atoms with Crippen molar-refractivity contribution in [3.05, 3.63) is 124 Å². The molecule has 1 aromatic heterocycles. The lowest BCUT2D eigenvalue weighted by atomic mass is 9.92. The van der Waals surface area contributed by atoms with Gasteiger partial charge in [0.05, 0.1) is 11.1 Å². The first-order valence-electron chi connectivity index (χ1n) is 13.4. The fourth-order valence-electron chi connectivity index (χ4n) is 4.65. The molecule has 1 aliphatic rings. The van der Waals surface area contributed by atoms with E-state index in [4.69, 9.17) is 5.11 Å². The molecule has 5 aromatic rings. The monoisotopic (exact) mass is 635 g/mol. The van der Waals surface area contributed by atoms with E-state index in [0.717, 1.165) is 36.0 Å². The van der Waals surface area contributed by atoms with Crippen LogP contribution in [0.2, 0.25) is 0 Å². The zero-order valence-corrected chi connectivity index (χ0v) is 23.6. The number of carboxylic acids is 1. The third-order valence-corrected chi connectivity index (χ3v) is 6.78. The third-order valence-electron chi connectivity index (χ3n) is 6.78. The number of carbonyl (C=O) groups is 3. The summed E-state index contributed by atoms with van der Waals surface area (Å²) in [5.74, 6) is -5.94. The molecule has 4 aromatic carbocycles. The molecule has 234 valence electrons. The summed E-state index contributed by atoms with van der Waals surface area (Å²) in [7, 11) is 0. The molecule has 9 nitrogen and oxygen atoms in total. The highest BCUT2D eigenvalue weighted by molar-refractivity contribution is 6.06. The van der Waals surface area contributed by atoms with Crippen molar-refractivity contribution in [3.8, 4) is 22.5 Å². The number of aromatic carboxylic acids is 1. The Kier molecular flexibility index (Phi) is 8.80. The maximum atomic E-state index is 15.1. The molecule has 3 amide bonds. The number of benzene rings is 4. The highest BCUT2D eigenvalue weighted by atomic mass is 19.2.